The number of rotatable bonds is 4. The molecule has 0 aromatic heterocycles. The van der Waals surface area contributed by atoms with Gasteiger partial charge in [-0.2, -0.15) is 0 Å². The maximum Gasteiger partial charge on any atom is 0.327 e. The summed E-state index contributed by atoms with van der Waals surface area (Å²) in [6.45, 7) is 2.21. The summed E-state index contributed by atoms with van der Waals surface area (Å²) in [5.41, 5.74) is 0.924. The van der Waals surface area contributed by atoms with Gasteiger partial charge in [0.05, 0.1) is 6.61 Å². The van der Waals surface area contributed by atoms with E-state index in [2.05, 4.69) is 5.32 Å². The lowest BCUT2D eigenvalue weighted by Crippen LogP contribution is -2.27. The molecular formula is C11H15NO2. The van der Waals surface area contributed by atoms with Crippen molar-refractivity contribution < 1.29 is 9.53 Å². The van der Waals surface area contributed by atoms with Crippen LogP contribution in [0.3, 0.4) is 0 Å². The van der Waals surface area contributed by atoms with Crippen LogP contribution in [-0.2, 0) is 9.53 Å². The number of likely N-dealkylation sites (N-methyl/N-ethyl adjacent to an activating group) is 1. The molecule has 0 amide bonds. The van der Waals surface area contributed by atoms with Gasteiger partial charge >= 0.3 is 5.97 Å². The van der Waals surface area contributed by atoms with Gasteiger partial charge in [0, 0.05) is 0 Å². The van der Waals surface area contributed by atoms with E-state index < -0.39 is 0 Å². The highest BCUT2D eigenvalue weighted by atomic mass is 16.5. The Labute approximate surface area is 84.1 Å². The van der Waals surface area contributed by atoms with E-state index >= 15 is 0 Å². The van der Waals surface area contributed by atoms with Crippen LogP contribution in [0.15, 0.2) is 30.3 Å². The number of benzene rings is 1. The second-order valence-corrected chi connectivity index (χ2v) is 2.88. The third-order valence-corrected chi connectivity index (χ3v) is 1.94. The number of esters is 1. The fourth-order valence-corrected chi connectivity index (χ4v) is 1.29. The number of nitrogens with one attached hydrogen (secondary N) is 1. The Morgan fingerprint density at radius 3 is 2.57 bits per heavy atom. The van der Waals surface area contributed by atoms with Crippen LogP contribution < -0.4 is 5.32 Å². The van der Waals surface area contributed by atoms with Gasteiger partial charge < -0.3 is 10.1 Å². The molecule has 0 heterocycles. The fourth-order valence-electron chi connectivity index (χ4n) is 1.29. The molecule has 1 aromatic rings. The predicted octanol–water partition coefficient (Wildman–Crippen LogP) is 1.51. The second kappa shape index (κ2) is 5.40. The summed E-state index contributed by atoms with van der Waals surface area (Å²) < 4.78 is 4.95. The highest BCUT2D eigenvalue weighted by Crippen LogP contribution is 2.13. The summed E-state index contributed by atoms with van der Waals surface area (Å²) in [7, 11) is 1.74. The van der Waals surface area contributed by atoms with Crippen LogP contribution in [-0.4, -0.2) is 19.6 Å². The SMILES string of the molecule is CCOC(=O)[C@H](NC)c1ccccc1. The van der Waals surface area contributed by atoms with E-state index in [4.69, 9.17) is 4.74 Å². The lowest BCUT2D eigenvalue weighted by Gasteiger charge is -2.14. The molecule has 0 saturated heterocycles. The Hall–Kier alpha value is -1.35. The molecule has 0 aliphatic rings. The molecule has 1 N–H and O–H groups in total. The Balaban J connectivity index is 2.77. The Kier molecular flexibility index (Phi) is 4.13. The third-order valence-electron chi connectivity index (χ3n) is 1.94. The number of hydrogen-bond acceptors (Lipinski definition) is 3. The van der Waals surface area contributed by atoms with Crippen LogP contribution in [0, 0.1) is 0 Å². The van der Waals surface area contributed by atoms with Crippen LogP contribution in [0.4, 0.5) is 0 Å². The van der Waals surface area contributed by atoms with Gasteiger partial charge in [-0.05, 0) is 19.5 Å². The first-order chi connectivity index (χ1) is 6.79. The van der Waals surface area contributed by atoms with Crippen molar-refractivity contribution in [3.63, 3.8) is 0 Å². The van der Waals surface area contributed by atoms with Gasteiger partial charge in [-0.1, -0.05) is 30.3 Å². The van der Waals surface area contributed by atoms with Crippen molar-refractivity contribution in [2.75, 3.05) is 13.7 Å². The number of carbonyl (C=O) groups is 1. The molecule has 0 aliphatic carbocycles. The first-order valence-corrected chi connectivity index (χ1v) is 4.68. The molecule has 3 heteroatoms. The highest BCUT2D eigenvalue weighted by molar-refractivity contribution is 5.77. The summed E-state index contributed by atoms with van der Waals surface area (Å²) in [4.78, 5) is 11.5. The van der Waals surface area contributed by atoms with E-state index in [1.54, 1.807) is 14.0 Å². The van der Waals surface area contributed by atoms with Gasteiger partial charge in [0.15, 0.2) is 0 Å². The van der Waals surface area contributed by atoms with E-state index in [0.29, 0.717) is 6.61 Å². The highest BCUT2D eigenvalue weighted by Gasteiger charge is 2.18. The lowest BCUT2D eigenvalue weighted by molar-refractivity contribution is -0.145. The maximum atomic E-state index is 11.5. The van der Waals surface area contributed by atoms with Crippen LogP contribution >= 0.6 is 0 Å². The molecule has 0 bridgehead atoms. The van der Waals surface area contributed by atoms with E-state index in [1.807, 2.05) is 30.3 Å². The van der Waals surface area contributed by atoms with Gasteiger partial charge in [0.1, 0.15) is 6.04 Å². The molecular weight excluding hydrogens is 178 g/mol. The Morgan fingerprint density at radius 1 is 1.43 bits per heavy atom. The quantitative estimate of drug-likeness (QED) is 0.737. The van der Waals surface area contributed by atoms with Crippen molar-refractivity contribution in [2.45, 2.75) is 13.0 Å². The average Bonchev–Trinajstić information content (AvgIpc) is 2.21. The molecule has 0 saturated carbocycles. The molecule has 76 valence electrons. The smallest absolute Gasteiger partial charge is 0.327 e. The number of hydrogen-bond donors (Lipinski definition) is 1. The summed E-state index contributed by atoms with van der Waals surface area (Å²) in [5.74, 6) is -0.235. The largest absolute Gasteiger partial charge is 0.465 e. The van der Waals surface area contributed by atoms with Crippen LogP contribution in [0.5, 0.6) is 0 Å². The van der Waals surface area contributed by atoms with E-state index in [-0.39, 0.29) is 12.0 Å². The standard InChI is InChI=1S/C11H15NO2/c1-3-14-11(13)10(12-2)9-7-5-4-6-8-9/h4-8,10,12H,3H2,1-2H3/t10-/m1/s1. The molecule has 0 unspecified atom stereocenters. The minimum absolute atomic E-state index is 0.235. The van der Waals surface area contributed by atoms with Gasteiger partial charge in [-0.3, -0.25) is 0 Å². The number of ether oxygens (including phenoxy) is 1. The topological polar surface area (TPSA) is 38.3 Å². The first-order valence-electron chi connectivity index (χ1n) is 4.68. The van der Waals surface area contributed by atoms with Crippen LogP contribution in [0.1, 0.15) is 18.5 Å². The van der Waals surface area contributed by atoms with Crippen molar-refractivity contribution in [3.05, 3.63) is 35.9 Å². The zero-order valence-electron chi connectivity index (χ0n) is 8.49. The molecule has 0 fully saturated rings. The lowest BCUT2D eigenvalue weighted by atomic mass is 10.1. The molecule has 0 spiro atoms. The van der Waals surface area contributed by atoms with Crippen molar-refractivity contribution in [3.8, 4) is 0 Å². The van der Waals surface area contributed by atoms with Crippen LogP contribution in [0.2, 0.25) is 0 Å². The van der Waals surface area contributed by atoms with Crippen molar-refractivity contribution in [2.24, 2.45) is 0 Å². The summed E-state index contributed by atoms with van der Waals surface area (Å²) in [6, 6.07) is 9.16. The minimum atomic E-state index is -0.365. The molecule has 0 radical (unpaired) electrons. The zero-order valence-corrected chi connectivity index (χ0v) is 8.49. The van der Waals surface area contributed by atoms with Crippen molar-refractivity contribution in [1.82, 2.24) is 5.32 Å². The molecule has 1 rings (SSSR count). The monoisotopic (exact) mass is 193 g/mol. The van der Waals surface area contributed by atoms with Crippen molar-refractivity contribution >= 4 is 5.97 Å². The predicted molar refractivity (Wildman–Crippen MR) is 54.9 cm³/mol. The molecule has 3 nitrogen and oxygen atoms in total. The fraction of sp³-hybridized carbons (Fsp3) is 0.364. The molecule has 14 heavy (non-hydrogen) atoms. The Bertz CT molecular complexity index is 285. The van der Waals surface area contributed by atoms with Crippen molar-refractivity contribution in [1.29, 1.82) is 0 Å². The Morgan fingerprint density at radius 2 is 2.07 bits per heavy atom. The van der Waals surface area contributed by atoms with E-state index in [0.717, 1.165) is 5.56 Å². The molecule has 0 aliphatic heterocycles. The van der Waals surface area contributed by atoms with E-state index in [1.165, 1.54) is 0 Å². The van der Waals surface area contributed by atoms with E-state index in [9.17, 15) is 4.79 Å². The minimum Gasteiger partial charge on any atom is -0.465 e. The van der Waals surface area contributed by atoms with Crippen LogP contribution in [0.25, 0.3) is 0 Å². The summed E-state index contributed by atoms with van der Waals surface area (Å²) >= 11 is 0. The zero-order chi connectivity index (χ0) is 10.4. The van der Waals surface area contributed by atoms with Gasteiger partial charge in [-0.25, -0.2) is 4.79 Å². The maximum absolute atomic E-state index is 11.5. The first kappa shape index (κ1) is 10.7. The average molecular weight is 193 g/mol. The summed E-state index contributed by atoms with van der Waals surface area (Å²) in [6.07, 6.45) is 0. The third kappa shape index (κ3) is 2.57. The normalized spacial score (nSPS) is 12.1. The number of carbonyl (C=O) groups excluding carboxylic acids is 1. The second-order valence-electron chi connectivity index (χ2n) is 2.88. The summed E-state index contributed by atoms with van der Waals surface area (Å²) in [5, 5.41) is 2.93. The van der Waals surface area contributed by atoms with Gasteiger partial charge in [-0.15, -0.1) is 0 Å². The van der Waals surface area contributed by atoms with Gasteiger partial charge in [0.25, 0.3) is 0 Å². The van der Waals surface area contributed by atoms with Gasteiger partial charge in [0.2, 0.25) is 0 Å². The molecule has 1 aromatic carbocycles. The molecule has 1 atom stereocenters.